The normalized spacial score (nSPS) is 14.4. The zero-order valence-electron chi connectivity index (χ0n) is 17.8. The zero-order valence-corrected chi connectivity index (χ0v) is 20.2. The summed E-state index contributed by atoms with van der Waals surface area (Å²) < 4.78 is 6.00. The van der Waals surface area contributed by atoms with Gasteiger partial charge in [0.15, 0.2) is 4.32 Å². The van der Waals surface area contributed by atoms with Crippen molar-refractivity contribution < 1.29 is 29.3 Å². The highest BCUT2D eigenvalue weighted by molar-refractivity contribution is 8.27. The number of carboxylic acids is 2. The fourth-order valence-electron chi connectivity index (χ4n) is 3.27. The summed E-state index contributed by atoms with van der Waals surface area (Å²) in [7, 11) is 0. The zero-order chi connectivity index (χ0) is 25.1. The van der Waals surface area contributed by atoms with E-state index < -0.39 is 17.8 Å². The number of carboxylic acid groups (broad SMARTS) is 2. The van der Waals surface area contributed by atoms with E-state index in [1.165, 1.54) is 12.1 Å². The fraction of sp³-hybridized carbons (Fsp3) is 0.0400. The van der Waals surface area contributed by atoms with Crippen LogP contribution in [0.15, 0.2) is 71.6 Å². The third kappa shape index (κ3) is 5.71. The minimum Gasteiger partial charge on any atom is -0.489 e. The van der Waals surface area contributed by atoms with Crippen LogP contribution in [0.2, 0.25) is 5.02 Å². The highest BCUT2D eigenvalue weighted by Gasteiger charge is 2.34. The maximum absolute atomic E-state index is 13.1. The van der Waals surface area contributed by atoms with Gasteiger partial charge in [-0.05, 0) is 59.7 Å². The monoisotopic (exact) mass is 525 g/mol. The molecule has 1 aliphatic rings. The number of benzene rings is 3. The Labute approximate surface area is 214 Å². The van der Waals surface area contributed by atoms with Crippen LogP contribution in [0.5, 0.6) is 5.75 Å². The summed E-state index contributed by atoms with van der Waals surface area (Å²) in [5.41, 5.74) is 1.20. The number of carbonyl (C=O) groups excluding carboxylic acids is 1. The third-order valence-corrected chi connectivity index (χ3v) is 6.49. The number of hydrogen-bond donors (Lipinski definition) is 2. The standard InChI is InChI=1S/C25H16ClNO6S2/c26-18-6-4-14(5-7-18)13-33-20-3-1-2-15(8-20)9-21-22(28)27(25(34)35-21)19-11-16(23(29)30)10-17(12-19)24(31)32/h1-12H,13H2,(H,29,30)(H,31,32)/b21-9-. The molecule has 1 aliphatic heterocycles. The molecular weight excluding hydrogens is 510 g/mol. The summed E-state index contributed by atoms with van der Waals surface area (Å²) in [6.45, 7) is 0.342. The molecular formula is C25H16ClNO6S2. The number of carbonyl (C=O) groups is 3. The first kappa shape index (κ1) is 24.5. The molecule has 1 amide bonds. The average Bonchev–Trinajstić information content (AvgIpc) is 3.11. The second-order valence-corrected chi connectivity index (χ2v) is 9.50. The molecule has 7 nitrogen and oxygen atoms in total. The van der Waals surface area contributed by atoms with Crippen LogP contribution in [0, 0.1) is 0 Å². The van der Waals surface area contributed by atoms with Gasteiger partial charge in [-0.15, -0.1) is 0 Å². The maximum atomic E-state index is 13.1. The van der Waals surface area contributed by atoms with E-state index in [4.69, 9.17) is 28.6 Å². The van der Waals surface area contributed by atoms with E-state index in [2.05, 4.69) is 0 Å². The highest BCUT2D eigenvalue weighted by atomic mass is 35.5. The Hall–Kier alpha value is -3.66. The van der Waals surface area contributed by atoms with Gasteiger partial charge in [-0.3, -0.25) is 9.69 Å². The number of anilines is 1. The topological polar surface area (TPSA) is 104 Å². The van der Waals surface area contributed by atoms with Gasteiger partial charge in [0.1, 0.15) is 12.4 Å². The van der Waals surface area contributed by atoms with Crippen LogP contribution in [0.1, 0.15) is 31.8 Å². The van der Waals surface area contributed by atoms with Gasteiger partial charge >= 0.3 is 11.9 Å². The lowest BCUT2D eigenvalue weighted by atomic mass is 10.1. The number of amides is 1. The van der Waals surface area contributed by atoms with Crippen molar-refractivity contribution in [3.8, 4) is 5.75 Å². The van der Waals surface area contributed by atoms with Crippen molar-refractivity contribution in [3.63, 3.8) is 0 Å². The average molecular weight is 526 g/mol. The lowest BCUT2D eigenvalue weighted by Crippen LogP contribution is -2.28. The minimum absolute atomic E-state index is 0.0771. The number of thioether (sulfide) groups is 1. The Morgan fingerprint density at radius 3 is 2.29 bits per heavy atom. The van der Waals surface area contributed by atoms with E-state index in [-0.39, 0.29) is 21.1 Å². The van der Waals surface area contributed by atoms with E-state index in [9.17, 15) is 24.6 Å². The molecule has 2 N–H and O–H groups in total. The van der Waals surface area contributed by atoms with E-state index in [0.29, 0.717) is 27.8 Å². The number of rotatable bonds is 7. The molecule has 0 aliphatic carbocycles. The first-order chi connectivity index (χ1) is 16.7. The van der Waals surface area contributed by atoms with E-state index in [1.807, 2.05) is 12.1 Å². The van der Waals surface area contributed by atoms with Crippen molar-refractivity contribution in [2.45, 2.75) is 6.61 Å². The van der Waals surface area contributed by atoms with Crippen LogP contribution >= 0.6 is 35.6 Å². The molecule has 10 heteroatoms. The lowest BCUT2D eigenvalue weighted by Gasteiger charge is -2.16. The molecule has 1 heterocycles. The summed E-state index contributed by atoms with van der Waals surface area (Å²) >= 11 is 12.3. The molecule has 1 fully saturated rings. The molecule has 0 saturated carbocycles. The SMILES string of the molecule is O=C(O)c1cc(C(=O)O)cc(N2C(=O)/C(=C/c3cccc(OCc4ccc(Cl)cc4)c3)SC2=S)c1. The Morgan fingerprint density at radius 2 is 1.66 bits per heavy atom. The molecule has 0 aromatic heterocycles. The molecule has 1 saturated heterocycles. The second-order valence-electron chi connectivity index (χ2n) is 7.38. The Morgan fingerprint density at radius 1 is 1.00 bits per heavy atom. The van der Waals surface area contributed by atoms with Crippen molar-refractivity contribution in [1.29, 1.82) is 0 Å². The number of aromatic carboxylic acids is 2. The van der Waals surface area contributed by atoms with Crippen LogP contribution in [0.25, 0.3) is 6.08 Å². The van der Waals surface area contributed by atoms with Gasteiger partial charge in [-0.25, -0.2) is 9.59 Å². The van der Waals surface area contributed by atoms with Gasteiger partial charge in [0.2, 0.25) is 0 Å². The van der Waals surface area contributed by atoms with Crippen molar-refractivity contribution in [1.82, 2.24) is 0 Å². The summed E-state index contributed by atoms with van der Waals surface area (Å²) in [5, 5.41) is 19.3. The smallest absolute Gasteiger partial charge is 0.335 e. The van der Waals surface area contributed by atoms with Crippen molar-refractivity contribution in [2.75, 3.05) is 4.90 Å². The van der Waals surface area contributed by atoms with Crippen molar-refractivity contribution >= 4 is 69.5 Å². The van der Waals surface area contributed by atoms with Gasteiger partial charge in [-0.2, -0.15) is 0 Å². The molecule has 3 aromatic carbocycles. The Kier molecular flexibility index (Phi) is 7.20. The number of halogens is 1. The molecule has 0 spiro atoms. The van der Waals surface area contributed by atoms with Crippen molar-refractivity contribution in [2.24, 2.45) is 0 Å². The maximum Gasteiger partial charge on any atom is 0.335 e. The van der Waals surface area contributed by atoms with Crippen LogP contribution in [0.3, 0.4) is 0 Å². The minimum atomic E-state index is -1.31. The molecule has 4 rings (SSSR count). The molecule has 3 aromatic rings. The van der Waals surface area contributed by atoms with Gasteiger partial charge < -0.3 is 14.9 Å². The largest absolute Gasteiger partial charge is 0.489 e. The predicted octanol–water partition coefficient (Wildman–Crippen LogP) is 5.72. The molecule has 0 radical (unpaired) electrons. The molecule has 0 atom stereocenters. The van der Waals surface area contributed by atoms with Gasteiger partial charge in [-0.1, -0.05) is 59.8 Å². The van der Waals surface area contributed by atoms with Crippen LogP contribution in [-0.2, 0) is 11.4 Å². The number of nitrogens with zero attached hydrogens (tertiary/aromatic N) is 1. The van der Waals surface area contributed by atoms with E-state index in [0.717, 1.165) is 28.3 Å². The Bertz CT molecular complexity index is 1350. The summed E-state index contributed by atoms with van der Waals surface area (Å²) in [6.07, 6.45) is 1.65. The van der Waals surface area contributed by atoms with E-state index >= 15 is 0 Å². The van der Waals surface area contributed by atoms with Gasteiger partial charge in [0, 0.05) is 5.02 Å². The fourth-order valence-corrected chi connectivity index (χ4v) is 4.70. The first-order valence-corrected chi connectivity index (χ1v) is 11.7. The highest BCUT2D eigenvalue weighted by Crippen LogP contribution is 2.37. The van der Waals surface area contributed by atoms with Crippen LogP contribution < -0.4 is 9.64 Å². The van der Waals surface area contributed by atoms with Gasteiger partial charge in [0.05, 0.1) is 21.7 Å². The number of ether oxygens (including phenoxy) is 1. The summed E-state index contributed by atoms with van der Waals surface area (Å²) in [4.78, 5) is 37.4. The predicted molar refractivity (Wildman–Crippen MR) is 138 cm³/mol. The number of thiocarbonyl (C=S) groups is 1. The molecule has 35 heavy (non-hydrogen) atoms. The quantitative estimate of drug-likeness (QED) is 0.298. The lowest BCUT2D eigenvalue weighted by molar-refractivity contribution is -0.113. The van der Waals surface area contributed by atoms with Crippen molar-refractivity contribution in [3.05, 3.63) is 98.9 Å². The van der Waals surface area contributed by atoms with Crippen LogP contribution in [0.4, 0.5) is 5.69 Å². The van der Waals surface area contributed by atoms with Gasteiger partial charge in [0.25, 0.3) is 5.91 Å². The van der Waals surface area contributed by atoms with Crippen LogP contribution in [-0.4, -0.2) is 32.4 Å². The third-order valence-electron chi connectivity index (χ3n) is 4.94. The Balaban J connectivity index is 1.56. The first-order valence-electron chi connectivity index (χ1n) is 10.1. The molecule has 176 valence electrons. The summed E-state index contributed by atoms with van der Waals surface area (Å²) in [6, 6.07) is 17.9. The molecule has 0 bridgehead atoms. The van der Waals surface area contributed by atoms with E-state index in [1.54, 1.807) is 42.5 Å². The second kappa shape index (κ2) is 10.3. The summed E-state index contributed by atoms with van der Waals surface area (Å²) in [5.74, 6) is -2.51. The molecule has 0 unspecified atom stereocenters. The number of hydrogen-bond acceptors (Lipinski definition) is 6.